The van der Waals surface area contributed by atoms with Gasteiger partial charge >= 0.3 is 6.18 Å². The summed E-state index contributed by atoms with van der Waals surface area (Å²) in [5.74, 6) is 0.486. The number of halogens is 3. The fraction of sp³-hybridized carbons (Fsp3) is 0.100. The van der Waals surface area contributed by atoms with Crippen LogP contribution in [-0.2, 0) is 6.18 Å². The van der Waals surface area contributed by atoms with Crippen molar-refractivity contribution in [1.82, 2.24) is 9.97 Å². The summed E-state index contributed by atoms with van der Waals surface area (Å²) in [5.41, 5.74) is -0.125. The van der Waals surface area contributed by atoms with Crippen LogP contribution in [0.25, 0.3) is 0 Å². The molecule has 2 rings (SSSR count). The number of anilines is 2. The minimum atomic E-state index is -4.30. The molecule has 0 aliphatic heterocycles. The molecule has 0 aliphatic rings. The summed E-state index contributed by atoms with van der Waals surface area (Å²) in [7, 11) is 0. The van der Waals surface area contributed by atoms with Gasteiger partial charge in [-0.1, -0.05) is 0 Å². The molecule has 1 aromatic heterocycles. The van der Waals surface area contributed by atoms with Gasteiger partial charge in [0, 0.05) is 18.1 Å². The maximum absolute atomic E-state index is 12.3. The van der Waals surface area contributed by atoms with Crippen molar-refractivity contribution in [2.24, 2.45) is 0 Å². The highest BCUT2D eigenvalue weighted by Crippen LogP contribution is 2.30. The minimum absolute atomic E-state index is 0.486. The highest BCUT2D eigenvalue weighted by Gasteiger charge is 2.29. The van der Waals surface area contributed by atoms with Gasteiger partial charge in [0.25, 0.3) is 0 Å². The standard InChI is InChI=1S/C10H8F3N3/c11-10(12,13)7-1-3-8(4-2-7)16-9-14-5-6-15-9/h1-6H,(H2,14,15,16). The number of nitrogens with zero attached hydrogens (tertiary/aromatic N) is 1. The molecule has 1 heterocycles. The predicted molar refractivity (Wildman–Crippen MR) is 53.3 cm³/mol. The second-order valence-electron chi connectivity index (χ2n) is 3.14. The number of rotatable bonds is 2. The van der Waals surface area contributed by atoms with Crippen LogP contribution in [0, 0.1) is 0 Å². The van der Waals surface area contributed by atoms with Gasteiger partial charge in [0.2, 0.25) is 5.95 Å². The molecule has 3 nitrogen and oxygen atoms in total. The molecule has 0 fully saturated rings. The summed E-state index contributed by atoms with van der Waals surface area (Å²) in [6.07, 6.45) is -1.14. The lowest BCUT2D eigenvalue weighted by Gasteiger charge is -2.07. The van der Waals surface area contributed by atoms with Gasteiger partial charge in [0.1, 0.15) is 0 Å². The molecule has 2 aromatic rings. The number of hydrogen-bond acceptors (Lipinski definition) is 2. The van der Waals surface area contributed by atoms with Gasteiger partial charge in [-0.15, -0.1) is 0 Å². The Kier molecular flexibility index (Phi) is 2.55. The quantitative estimate of drug-likeness (QED) is 0.827. The van der Waals surface area contributed by atoms with Gasteiger partial charge in [-0.3, -0.25) is 0 Å². The molecule has 0 atom stereocenters. The average Bonchev–Trinajstić information content (AvgIpc) is 2.70. The lowest BCUT2D eigenvalue weighted by Crippen LogP contribution is -2.04. The molecule has 0 spiro atoms. The van der Waals surface area contributed by atoms with Crippen LogP contribution in [0.15, 0.2) is 36.7 Å². The molecule has 16 heavy (non-hydrogen) atoms. The molecule has 0 aliphatic carbocycles. The molecule has 0 amide bonds. The molecular formula is C10H8F3N3. The first-order valence-corrected chi connectivity index (χ1v) is 4.49. The van der Waals surface area contributed by atoms with E-state index < -0.39 is 11.7 Å². The maximum Gasteiger partial charge on any atom is 0.416 e. The summed E-state index contributed by atoms with van der Waals surface area (Å²) in [6.45, 7) is 0. The zero-order valence-corrected chi connectivity index (χ0v) is 8.05. The van der Waals surface area contributed by atoms with E-state index in [-0.39, 0.29) is 0 Å². The number of alkyl halides is 3. The smallest absolute Gasteiger partial charge is 0.331 e. The Morgan fingerprint density at radius 1 is 1.12 bits per heavy atom. The molecule has 0 unspecified atom stereocenters. The average molecular weight is 227 g/mol. The molecule has 0 saturated carbocycles. The predicted octanol–water partition coefficient (Wildman–Crippen LogP) is 3.17. The maximum atomic E-state index is 12.3. The third kappa shape index (κ3) is 2.33. The highest BCUT2D eigenvalue weighted by molar-refractivity contribution is 5.53. The van der Waals surface area contributed by atoms with Gasteiger partial charge in [0.05, 0.1) is 5.56 Å². The van der Waals surface area contributed by atoms with Crippen LogP contribution in [-0.4, -0.2) is 9.97 Å². The van der Waals surface area contributed by atoms with E-state index in [9.17, 15) is 13.2 Å². The first kappa shape index (κ1) is 10.5. The van der Waals surface area contributed by atoms with Crippen LogP contribution in [0.4, 0.5) is 24.8 Å². The Morgan fingerprint density at radius 2 is 1.81 bits per heavy atom. The first-order chi connectivity index (χ1) is 7.55. The summed E-state index contributed by atoms with van der Waals surface area (Å²) >= 11 is 0. The van der Waals surface area contributed by atoms with E-state index in [4.69, 9.17) is 0 Å². The zero-order valence-electron chi connectivity index (χ0n) is 8.05. The normalized spacial score (nSPS) is 11.4. The van der Waals surface area contributed by atoms with Crippen molar-refractivity contribution in [1.29, 1.82) is 0 Å². The van der Waals surface area contributed by atoms with E-state index >= 15 is 0 Å². The number of benzene rings is 1. The van der Waals surface area contributed by atoms with Gasteiger partial charge < -0.3 is 10.3 Å². The van der Waals surface area contributed by atoms with Crippen molar-refractivity contribution in [2.45, 2.75) is 6.18 Å². The Hall–Kier alpha value is -1.98. The monoisotopic (exact) mass is 227 g/mol. The highest BCUT2D eigenvalue weighted by atomic mass is 19.4. The Bertz CT molecular complexity index is 445. The van der Waals surface area contributed by atoms with Gasteiger partial charge in [-0.25, -0.2) is 4.98 Å². The molecule has 0 bridgehead atoms. The molecule has 1 aromatic carbocycles. The van der Waals surface area contributed by atoms with E-state index in [0.29, 0.717) is 11.6 Å². The molecular weight excluding hydrogens is 219 g/mol. The SMILES string of the molecule is FC(F)(F)c1ccc(Nc2ncc[nH]2)cc1. The number of hydrogen-bond donors (Lipinski definition) is 2. The first-order valence-electron chi connectivity index (χ1n) is 4.49. The van der Waals surface area contributed by atoms with Crippen molar-refractivity contribution < 1.29 is 13.2 Å². The van der Waals surface area contributed by atoms with Crippen molar-refractivity contribution >= 4 is 11.6 Å². The van der Waals surface area contributed by atoms with E-state index in [2.05, 4.69) is 15.3 Å². The van der Waals surface area contributed by atoms with E-state index in [0.717, 1.165) is 12.1 Å². The lowest BCUT2D eigenvalue weighted by atomic mass is 10.2. The fourth-order valence-corrected chi connectivity index (χ4v) is 1.21. The van der Waals surface area contributed by atoms with Crippen LogP contribution in [0.1, 0.15) is 5.56 Å². The number of imidazole rings is 1. The number of aromatic nitrogens is 2. The van der Waals surface area contributed by atoms with Crippen molar-refractivity contribution in [3.63, 3.8) is 0 Å². The van der Waals surface area contributed by atoms with E-state index in [1.54, 1.807) is 12.4 Å². The summed E-state index contributed by atoms with van der Waals surface area (Å²) in [4.78, 5) is 6.68. The molecule has 6 heteroatoms. The Labute approximate surface area is 89.3 Å². The number of nitrogens with one attached hydrogen (secondary N) is 2. The second kappa shape index (κ2) is 3.88. The van der Waals surface area contributed by atoms with Crippen LogP contribution in [0.3, 0.4) is 0 Å². The fourth-order valence-electron chi connectivity index (χ4n) is 1.21. The van der Waals surface area contributed by atoms with E-state index in [1.807, 2.05) is 0 Å². The largest absolute Gasteiger partial charge is 0.416 e. The summed E-state index contributed by atoms with van der Waals surface area (Å²) in [5, 5.41) is 2.83. The molecule has 2 N–H and O–H groups in total. The second-order valence-corrected chi connectivity index (χ2v) is 3.14. The van der Waals surface area contributed by atoms with Crippen LogP contribution < -0.4 is 5.32 Å². The Balaban J connectivity index is 2.14. The minimum Gasteiger partial charge on any atom is -0.331 e. The summed E-state index contributed by atoms with van der Waals surface area (Å²) in [6, 6.07) is 4.74. The molecule has 84 valence electrons. The van der Waals surface area contributed by atoms with Crippen molar-refractivity contribution in [3.8, 4) is 0 Å². The lowest BCUT2D eigenvalue weighted by molar-refractivity contribution is -0.137. The van der Waals surface area contributed by atoms with Crippen LogP contribution in [0.2, 0.25) is 0 Å². The third-order valence-electron chi connectivity index (χ3n) is 1.97. The molecule has 0 saturated heterocycles. The van der Waals surface area contributed by atoms with Gasteiger partial charge in [-0.05, 0) is 24.3 Å². The van der Waals surface area contributed by atoms with Crippen LogP contribution in [0.5, 0.6) is 0 Å². The van der Waals surface area contributed by atoms with Crippen molar-refractivity contribution in [2.75, 3.05) is 5.32 Å². The topological polar surface area (TPSA) is 40.7 Å². The van der Waals surface area contributed by atoms with Crippen LogP contribution >= 0.6 is 0 Å². The Morgan fingerprint density at radius 3 is 2.31 bits per heavy atom. The van der Waals surface area contributed by atoms with Gasteiger partial charge in [0.15, 0.2) is 0 Å². The molecule has 0 radical (unpaired) electrons. The summed E-state index contributed by atoms with van der Waals surface area (Å²) < 4.78 is 36.8. The number of aromatic amines is 1. The zero-order chi connectivity index (χ0) is 11.6. The van der Waals surface area contributed by atoms with E-state index in [1.165, 1.54) is 12.1 Å². The third-order valence-corrected chi connectivity index (χ3v) is 1.97. The van der Waals surface area contributed by atoms with Crippen molar-refractivity contribution in [3.05, 3.63) is 42.2 Å². The van der Waals surface area contributed by atoms with Gasteiger partial charge in [-0.2, -0.15) is 13.2 Å². The number of H-pyrrole nitrogens is 1.